The molecule has 1 aliphatic rings. The Morgan fingerprint density at radius 3 is 2.09 bits per heavy atom. The maximum atomic E-state index is 12.8. The van der Waals surface area contributed by atoms with Gasteiger partial charge in [-0.05, 0) is 26.7 Å². The highest BCUT2D eigenvalue weighted by Crippen LogP contribution is 2.35. The number of aliphatic hydroxyl groups is 1. The van der Waals surface area contributed by atoms with Crippen molar-refractivity contribution in [3.63, 3.8) is 0 Å². The van der Waals surface area contributed by atoms with Crippen molar-refractivity contribution < 1.29 is 19.4 Å². The number of aliphatic imine (C=N–C) groups is 1. The second kappa shape index (κ2) is 6.67. The number of aliphatic hydroxyl groups excluding tert-OH is 1. The molecule has 0 radical (unpaired) electrons. The number of ether oxygens (including phenoxy) is 2. The van der Waals surface area contributed by atoms with Gasteiger partial charge in [0.2, 0.25) is 5.90 Å². The van der Waals surface area contributed by atoms with Gasteiger partial charge in [0.1, 0.15) is 17.8 Å². The first-order valence-corrected chi connectivity index (χ1v) is 8.10. The van der Waals surface area contributed by atoms with Crippen molar-refractivity contribution in [1.82, 2.24) is 4.90 Å². The molecule has 0 saturated carbocycles. The minimum absolute atomic E-state index is 0.0518. The van der Waals surface area contributed by atoms with Crippen LogP contribution in [0.2, 0.25) is 0 Å². The molecule has 0 saturated heterocycles. The zero-order valence-corrected chi connectivity index (χ0v) is 15.9. The molecule has 23 heavy (non-hydrogen) atoms. The van der Waals surface area contributed by atoms with Crippen molar-refractivity contribution in [2.75, 3.05) is 7.11 Å². The molecule has 1 rings (SSSR count). The SMILES string of the molecule is COC1=N[C@@H](C(C)(C)C)N(C(=O)OC(C)(C)C)[C@@H]1[C@H](O)C(C)C. The molecule has 0 unspecified atom stereocenters. The Bertz CT molecular complexity index is 460. The lowest BCUT2D eigenvalue weighted by Gasteiger charge is -2.38. The quantitative estimate of drug-likeness (QED) is 0.846. The Morgan fingerprint density at radius 1 is 1.22 bits per heavy atom. The molecule has 1 heterocycles. The molecule has 1 amide bonds. The summed E-state index contributed by atoms with van der Waals surface area (Å²) in [6, 6.07) is -0.640. The van der Waals surface area contributed by atoms with Crippen LogP contribution in [0.15, 0.2) is 4.99 Å². The van der Waals surface area contributed by atoms with Crippen molar-refractivity contribution in [3.8, 4) is 0 Å². The van der Waals surface area contributed by atoms with Gasteiger partial charge >= 0.3 is 6.09 Å². The van der Waals surface area contributed by atoms with Crippen LogP contribution in [0.5, 0.6) is 0 Å². The summed E-state index contributed by atoms with van der Waals surface area (Å²) < 4.78 is 10.9. The highest BCUT2D eigenvalue weighted by atomic mass is 16.6. The fraction of sp³-hybridized carbons (Fsp3) is 0.882. The van der Waals surface area contributed by atoms with Crippen LogP contribution in [-0.2, 0) is 9.47 Å². The van der Waals surface area contributed by atoms with Crippen LogP contribution in [0.4, 0.5) is 4.79 Å². The van der Waals surface area contributed by atoms with Crippen LogP contribution < -0.4 is 0 Å². The van der Waals surface area contributed by atoms with E-state index in [9.17, 15) is 9.90 Å². The lowest BCUT2D eigenvalue weighted by molar-refractivity contribution is -0.0227. The van der Waals surface area contributed by atoms with Gasteiger partial charge in [-0.3, -0.25) is 4.90 Å². The summed E-state index contributed by atoms with van der Waals surface area (Å²) in [7, 11) is 1.51. The van der Waals surface area contributed by atoms with E-state index in [1.165, 1.54) is 12.0 Å². The van der Waals surface area contributed by atoms with Crippen LogP contribution in [0.25, 0.3) is 0 Å². The number of hydrogen-bond donors (Lipinski definition) is 1. The number of hydrogen-bond acceptors (Lipinski definition) is 5. The predicted octanol–water partition coefficient (Wildman–Crippen LogP) is 3.04. The van der Waals surface area contributed by atoms with E-state index in [4.69, 9.17) is 9.47 Å². The summed E-state index contributed by atoms with van der Waals surface area (Å²) in [6.45, 7) is 15.2. The minimum Gasteiger partial charge on any atom is -0.483 e. The molecular weight excluding hydrogens is 296 g/mol. The molecule has 6 heteroatoms. The number of nitrogens with zero attached hydrogens (tertiary/aromatic N) is 2. The van der Waals surface area contributed by atoms with Crippen LogP contribution in [0, 0.1) is 11.3 Å². The third kappa shape index (κ3) is 4.59. The monoisotopic (exact) mass is 328 g/mol. The molecular formula is C17H32N2O4. The van der Waals surface area contributed by atoms with E-state index in [0.29, 0.717) is 5.90 Å². The summed E-state index contributed by atoms with van der Waals surface area (Å²) >= 11 is 0. The van der Waals surface area contributed by atoms with E-state index in [2.05, 4.69) is 4.99 Å². The zero-order chi connectivity index (χ0) is 18.2. The van der Waals surface area contributed by atoms with Gasteiger partial charge in [0.15, 0.2) is 0 Å². The largest absolute Gasteiger partial charge is 0.483 e. The molecule has 3 atom stereocenters. The van der Waals surface area contributed by atoms with Crippen LogP contribution in [0.1, 0.15) is 55.4 Å². The van der Waals surface area contributed by atoms with E-state index in [-0.39, 0.29) is 11.3 Å². The zero-order valence-electron chi connectivity index (χ0n) is 15.9. The molecule has 0 bridgehead atoms. The van der Waals surface area contributed by atoms with Gasteiger partial charge in [-0.25, -0.2) is 9.79 Å². The fourth-order valence-corrected chi connectivity index (χ4v) is 2.52. The van der Waals surface area contributed by atoms with Crippen molar-refractivity contribution in [2.24, 2.45) is 16.3 Å². The Hall–Kier alpha value is -1.30. The van der Waals surface area contributed by atoms with Gasteiger partial charge in [0, 0.05) is 5.41 Å². The molecule has 1 aliphatic heterocycles. The third-order valence-electron chi connectivity index (χ3n) is 3.66. The second-order valence-electron chi connectivity index (χ2n) is 8.48. The van der Waals surface area contributed by atoms with Gasteiger partial charge in [0.05, 0.1) is 13.2 Å². The summed E-state index contributed by atoms with van der Waals surface area (Å²) in [5.41, 5.74) is -0.936. The number of rotatable bonds is 2. The number of methoxy groups -OCH3 is 1. The first-order chi connectivity index (χ1) is 10.3. The second-order valence-corrected chi connectivity index (χ2v) is 8.48. The van der Waals surface area contributed by atoms with E-state index >= 15 is 0 Å². The smallest absolute Gasteiger partial charge is 0.412 e. The average Bonchev–Trinajstić information content (AvgIpc) is 2.74. The molecule has 6 nitrogen and oxygen atoms in total. The summed E-state index contributed by atoms with van der Waals surface area (Å²) in [5, 5.41) is 10.6. The summed E-state index contributed by atoms with van der Waals surface area (Å²) in [5.74, 6) is 0.320. The number of carbonyl (C=O) groups is 1. The molecule has 0 spiro atoms. The maximum absolute atomic E-state index is 12.8. The fourth-order valence-electron chi connectivity index (χ4n) is 2.52. The highest BCUT2D eigenvalue weighted by Gasteiger charge is 2.50. The third-order valence-corrected chi connectivity index (χ3v) is 3.66. The van der Waals surface area contributed by atoms with Gasteiger partial charge < -0.3 is 14.6 Å². The minimum atomic E-state index is -0.784. The average molecular weight is 328 g/mol. The van der Waals surface area contributed by atoms with Gasteiger partial charge in [-0.1, -0.05) is 34.6 Å². The lowest BCUT2D eigenvalue weighted by Crippen LogP contribution is -2.55. The van der Waals surface area contributed by atoms with E-state index in [1.807, 2.05) is 55.4 Å². The topological polar surface area (TPSA) is 71.4 Å². The summed E-state index contributed by atoms with van der Waals surface area (Å²) in [6.07, 6.45) is -1.72. The first-order valence-electron chi connectivity index (χ1n) is 8.10. The molecule has 134 valence electrons. The maximum Gasteiger partial charge on any atom is 0.412 e. The predicted molar refractivity (Wildman–Crippen MR) is 90.4 cm³/mol. The van der Waals surface area contributed by atoms with E-state index in [1.54, 1.807) is 0 Å². The number of carbonyl (C=O) groups excluding carboxylic acids is 1. The standard InChI is InChI=1S/C17H32N2O4/c1-10(2)12(20)11-13(22-9)18-14(16(3,4)5)19(11)15(21)23-17(6,7)8/h10-12,14,20H,1-9H3/t11-,12-,14-/m1/s1. The normalized spacial score (nSPS) is 23.8. The van der Waals surface area contributed by atoms with Crippen molar-refractivity contribution in [3.05, 3.63) is 0 Å². The Kier molecular flexibility index (Phi) is 5.73. The van der Waals surface area contributed by atoms with Crippen molar-refractivity contribution in [2.45, 2.75) is 79.3 Å². The molecule has 0 aromatic rings. The molecule has 0 aromatic carbocycles. The van der Waals surface area contributed by atoms with Crippen molar-refractivity contribution >= 4 is 12.0 Å². The Balaban J connectivity index is 3.27. The van der Waals surface area contributed by atoms with Gasteiger partial charge in [-0.15, -0.1) is 0 Å². The van der Waals surface area contributed by atoms with Gasteiger partial charge in [0.25, 0.3) is 0 Å². The molecule has 0 fully saturated rings. The highest BCUT2D eigenvalue weighted by molar-refractivity contribution is 5.89. The van der Waals surface area contributed by atoms with E-state index in [0.717, 1.165) is 0 Å². The summed E-state index contributed by atoms with van der Waals surface area (Å²) in [4.78, 5) is 18.9. The molecule has 1 N–H and O–H groups in total. The first kappa shape index (κ1) is 19.7. The van der Waals surface area contributed by atoms with Crippen LogP contribution >= 0.6 is 0 Å². The van der Waals surface area contributed by atoms with Crippen LogP contribution in [0.3, 0.4) is 0 Å². The molecule has 0 aliphatic carbocycles. The van der Waals surface area contributed by atoms with Crippen LogP contribution in [-0.4, -0.2) is 53.0 Å². The van der Waals surface area contributed by atoms with Crippen molar-refractivity contribution in [1.29, 1.82) is 0 Å². The molecule has 0 aromatic heterocycles. The Morgan fingerprint density at radius 2 is 1.74 bits per heavy atom. The van der Waals surface area contributed by atoms with E-state index < -0.39 is 30.0 Å². The number of amides is 1. The Labute approximate surface area is 139 Å². The lowest BCUT2D eigenvalue weighted by atomic mass is 9.91. The van der Waals surface area contributed by atoms with Gasteiger partial charge in [-0.2, -0.15) is 0 Å².